The Morgan fingerprint density at radius 2 is 2.54 bits per heavy atom. The summed E-state index contributed by atoms with van der Waals surface area (Å²) in [7, 11) is 0. The van der Waals surface area contributed by atoms with Gasteiger partial charge in [0.15, 0.2) is 0 Å². The van der Waals surface area contributed by atoms with Gasteiger partial charge in [0.1, 0.15) is 0 Å². The molecule has 2 aromatic rings. The SMILES string of the molecule is O=CNCc1cc2cnccn2c1. The first-order chi connectivity index (χ1) is 6.40. The molecule has 0 saturated carbocycles. The number of hydrogen-bond acceptors (Lipinski definition) is 2. The summed E-state index contributed by atoms with van der Waals surface area (Å²) >= 11 is 0. The van der Waals surface area contributed by atoms with Crippen LogP contribution in [0.5, 0.6) is 0 Å². The molecule has 0 unspecified atom stereocenters. The van der Waals surface area contributed by atoms with Crippen LogP contribution >= 0.6 is 0 Å². The van der Waals surface area contributed by atoms with Crippen molar-refractivity contribution in [2.45, 2.75) is 6.54 Å². The molecule has 0 fully saturated rings. The average molecular weight is 175 g/mol. The fourth-order valence-corrected chi connectivity index (χ4v) is 1.27. The van der Waals surface area contributed by atoms with Crippen LogP contribution in [0, 0.1) is 0 Å². The number of fused-ring (bicyclic) bond motifs is 1. The van der Waals surface area contributed by atoms with Gasteiger partial charge < -0.3 is 9.72 Å². The lowest BCUT2D eigenvalue weighted by Crippen LogP contribution is -2.08. The third-order valence-corrected chi connectivity index (χ3v) is 1.85. The van der Waals surface area contributed by atoms with Crippen LogP contribution in [-0.2, 0) is 11.3 Å². The highest BCUT2D eigenvalue weighted by atomic mass is 16.1. The van der Waals surface area contributed by atoms with E-state index in [9.17, 15) is 4.79 Å². The molecular weight excluding hydrogens is 166 g/mol. The van der Waals surface area contributed by atoms with Crippen molar-refractivity contribution in [2.24, 2.45) is 0 Å². The second-order valence-corrected chi connectivity index (χ2v) is 2.76. The second-order valence-electron chi connectivity index (χ2n) is 2.76. The molecule has 0 aliphatic heterocycles. The summed E-state index contributed by atoms with van der Waals surface area (Å²) < 4.78 is 1.97. The van der Waals surface area contributed by atoms with Crippen molar-refractivity contribution < 1.29 is 4.79 Å². The van der Waals surface area contributed by atoms with E-state index in [4.69, 9.17) is 0 Å². The molecule has 0 atom stereocenters. The zero-order valence-corrected chi connectivity index (χ0v) is 6.97. The first-order valence-electron chi connectivity index (χ1n) is 3.98. The van der Waals surface area contributed by atoms with E-state index in [1.165, 1.54) is 0 Å². The first-order valence-corrected chi connectivity index (χ1v) is 3.98. The molecule has 2 rings (SSSR count). The van der Waals surface area contributed by atoms with Crippen molar-refractivity contribution in [1.29, 1.82) is 0 Å². The molecular formula is C9H9N3O. The molecule has 1 N–H and O–H groups in total. The van der Waals surface area contributed by atoms with Crippen molar-refractivity contribution in [3.05, 3.63) is 36.4 Å². The van der Waals surface area contributed by atoms with Crippen LogP contribution < -0.4 is 5.32 Å². The molecule has 0 saturated heterocycles. The smallest absolute Gasteiger partial charge is 0.207 e. The minimum atomic E-state index is 0.561. The number of nitrogens with zero attached hydrogens (tertiary/aromatic N) is 2. The van der Waals surface area contributed by atoms with Gasteiger partial charge in [-0.1, -0.05) is 0 Å². The van der Waals surface area contributed by atoms with Gasteiger partial charge >= 0.3 is 0 Å². The van der Waals surface area contributed by atoms with Crippen LogP contribution in [0.4, 0.5) is 0 Å². The van der Waals surface area contributed by atoms with Gasteiger partial charge in [-0.3, -0.25) is 9.78 Å². The lowest BCUT2D eigenvalue weighted by atomic mass is 10.3. The van der Waals surface area contributed by atoms with Gasteiger partial charge in [0.2, 0.25) is 6.41 Å². The second kappa shape index (κ2) is 3.26. The summed E-state index contributed by atoms with van der Waals surface area (Å²) in [5, 5.41) is 2.61. The lowest BCUT2D eigenvalue weighted by molar-refractivity contribution is -0.109. The minimum Gasteiger partial charge on any atom is -0.355 e. The predicted molar refractivity (Wildman–Crippen MR) is 48.1 cm³/mol. The molecule has 0 bridgehead atoms. The zero-order chi connectivity index (χ0) is 9.10. The molecule has 4 heteroatoms. The summed E-state index contributed by atoms with van der Waals surface area (Å²) in [6.07, 6.45) is 8.04. The summed E-state index contributed by atoms with van der Waals surface area (Å²) in [6.45, 7) is 0.561. The molecule has 66 valence electrons. The van der Waals surface area contributed by atoms with E-state index in [2.05, 4.69) is 10.3 Å². The van der Waals surface area contributed by atoms with Crippen molar-refractivity contribution in [1.82, 2.24) is 14.7 Å². The van der Waals surface area contributed by atoms with Gasteiger partial charge in [0, 0.05) is 25.1 Å². The van der Waals surface area contributed by atoms with Crippen LogP contribution in [0.2, 0.25) is 0 Å². The predicted octanol–water partition coefficient (Wildman–Crippen LogP) is 0.580. The molecule has 2 aromatic heterocycles. The van der Waals surface area contributed by atoms with E-state index >= 15 is 0 Å². The fourth-order valence-electron chi connectivity index (χ4n) is 1.27. The maximum atomic E-state index is 10.1. The number of carbonyl (C=O) groups is 1. The molecule has 1 amide bonds. The van der Waals surface area contributed by atoms with Gasteiger partial charge in [0.25, 0.3) is 0 Å². The van der Waals surface area contributed by atoms with Crippen LogP contribution in [0.15, 0.2) is 30.9 Å². The Kier molecular flexibility index (Phi) is 1.96. The summed E-state index contributed by atoms with van der Waals surface area (Å²) in [5.41, 5.74) is 2.10. The Hall–Kier alpha value is -1.84. The lowest BCUT2D eigenvalue weighted by Gasteiger charge is -1.91. The monoisotopic (exact) mass is 175 g/mol. The van der Waals surface area contributed by atoms with E-state index < -0.39 is 0 Å². The van der Waals surface area contributed by atoms with E-state index in [0.29, 0.717) is 13.0 Å². The maximum Gasteiger partial charge on any atom is 0.207 e. The van der Waals surface area contributed by atoms with E-state index in [1.807, 2.05) is 22.9 Å². The van der Waals surface area contributed by atoms with E-state index in [0.717, 1.165) is 11.1 Å². The average Bonchev–Trinajstić information content (AvgIpc) is 2.57. The molecule has 0 radical (unpaired) electrons. The van der Waals surface area contributed by atoms with Gasteiger partial charge in [-0.05, 0) is 11.6 Å². The maximum absolute atomic E-state index is 10.1. The van der Waals surface area contributed by atoms with Crippen LogP contribution in [0.25, 0.3) is 5.52 Å². The summed E-state index contributed by atoms with van der Waals surface area (Å²) in [6, 6.07) is 1.99. The summed E-state index contributed by atoms with van der Waals surface area (Å²) in [5.74, 6) is 0. The highest BCUT2D eigenvalue weighted by Crippen LogP contribution is 2.07. The number of aromatic nitrogens is 2. The third-order valence-electron chi connectivity index (χ3n) is 1.85. The minimum absolute atomic E-state index is 0.561. The van der Waals surface area contributed by atoms with Crippen molar-refractivity contribution >= 4 is 11.9 Å². The molecule has 2 heterocycles. The Morgan fingerprint density at radius 1 is 1.62 bits per heavy atom. The Labute approximate surface area is 75.2 Å². The Balaban J connectivity index is 2.32. The number of hydrogen-bond donors (Lipinski definition) is 1. The van der Waals surface area contributed by atoms with E-state index in [1.54, 1.807) is 12.4 Å². The topological polar surface area (TPSA) is 46.4 Å². The highest BCUT2D eigenvalue weighted by Gasteiger charge is 1.97. The van der Waals surface area contributed by atoms with E-state index in [-0.39, 0.29) is 0 Å². The zero-order valence-electron chi connectivity index (χ0n) is 6.97. The van der Waals surface area contributed by atoms with Crippen LogP contribution in [-0.4, -0.2) is 15.8 Å². The molecule has 0 aliphatic carbocycles. The first kappa shape index (κ1) is 7.79. The number of nitrogens with one attached hydrogen (secondary N) is 1. The standard InChI is InChI=1S/C9H9N3O/c13-7-11-4-8-3-9-5-10-1-2-12(9)6-8/h1-3,5-7H,4H2,(H,11,13). The molecule has 0 aromatic carbocycles. The van der Waals surface area contributed by atoms with Crippen LogP contribution in [0.3, 0.4) is 0 Å². The highest BCUT2D eigenvalue weighted by molar-refractivity contribution is 5.50. The molecule has 0 aliphatic rings. The summed E-state index contributed by atoms with van der Waals surface area (Å²) in [4.78, 5) is 14.1. The molecule has 13 heavy (non-hydrogen) atoms. The van der Waals surface area contributed by atoms with Gasteiger partial charge in [0.05, 0.1) is 11.7 Å². The van der Waals surface area contributed by atoms with Crippen molar-refractivity contribution in [3.8, 4) is 0 Å². The Bertz CT molecular complexity index is 388. The van der Waals surface area contributed by atoms with Crippen molar-refractivity contribution in [3.63, 3.8) is 0 Å². The Morgan fingerprint density at radius 3 is 3.31 bits per heavy atom. The van der Waals surface area contributed by atoms with Crippen LogP contribution in [0.1, 0.15) is 5.56 Å². The van der Waals surface area contributed by atoms with Gasteiger partial charge in [-0.2, -0.15) is 0 Å². The number of rotatable bonds is 3. The molecule has 4 nitrogen and oxygen atoms in total. The van der Waals surface area contributed by atoms with Gasteiger partial charge in [-0.15, -0.1) is 0 Å². The number of carbonyl (C=O) groups excluding carboxylic acids is 1. The number of amides is 1. The largest absolute Gasteiger partial charge is 0.355 e. The normalized spacial score (nSPS) is 10.2. The molecule has 0 spiro atoms. The van der Waals surface area contributed by atoms with Crippen molar-refractivity contribution in [2.75, 3.05) is 0 Å². The fraction of sp³-hybridized carbons (Fsp3) is 0.111. The third kappa shape index (κ3) is 1.51. The quantitative estimate of drug-likeness (QED) is 0.693. The van der Waals surface area contributed by atoms with Gasteiger partial charge in [-0.25, -0.2) is 0 Å².